The van der Waals surface area contributed by atoms with Crippen molar-refractivity contribution in [3.05, 3.63) is 47.6 Å². The molecule has 1 aliphatic rings. The number of benzene rings is 1. The van der Waals surface area contributed by atoms with Gasteiger partial charge in [-0.05, 0) is 5.56 Å². The monoisotopic (exact) mass is 366 g/mol. The van der Waals surface area contributed by atoms with Crippen molar-refractivity contribution in [1.29, 1.82) is 0 Å². The van der Waals surface area contributed by atoms with Crippen LogP contribution in [0.3, 0.4) is 0 Å². The molecule has 0 unspecified atom stereocenters. The molecule has 0 amide bonds. The van der Waals surface area contributed by atoms with Gasteiger partial charge in [-0.1, -0.05) is 35.5 Å². The molecule has 2 aromatic rings. The van der Waals surface area contributed by atoms with E-state index in [1.54, 1.807) is 0 Å². The maximum absolute atomic E-state index is 12.0. The summed E-state index contributed by atoms with van der Waals surface area (Å²) in [4.78, 5) is 4.35. The lowest BCUT2D eigenvalue weighted by molar-refractivity contribution is 0.122. The van der Waals surface area contributed by atoms with Gasteiger partial charge in [0.05, 0.1) is 19.1 Å². The third-order valence-corrected chi connectivity index (χ3v) is 5.92. The fourth-order valence-corrected chi connectivity index (χ4v) is 3.67. The molecule has 3 rings (SSSR count). The summed E-state index contributed by atoms with van der Waals surface area (Å²) in [5.41, 5.74) is 1.12. The minimum atomic E-state index is -3.36. The van der Waals surface area contributed by atoms with Gasteiger partial charge in [0.15, 0.2) is 5.82 Å². The molecule has 0 saturated carbocycles. The Bertz CT molecular complexity index is 785. The van der Waals surface area contributed by atoms with Gasteiger partial charge in [-0.25, -0.2) is 0 Å². The molecule has 0 atom stereocenters. The van der Waals surface area contributed by atoms with Crippen LogP contribution in [0.5, 0.6) is 0 Å². The Labute approximate surface area is 147 Å². The summed E-state index contributed by atoms with van der Waals surface area (Å²) >= 11 is 0. The zero-order valence-corrected chi connectivity index (χ0v) is 15.1. The molecule has 136 valence electrons. The molecular weight excluding hydrogens is 344 g/mol. The molecule has 1 aromatic carbocycles. The second kappa shape index (κ2) is 7.61. The summed E-state index contributed by atoms with van der Waals surface area (Å²) in [5.74, 6) is 1.03. The van der Waals surface area contributed by atoms with Crippen molar-refractivity contribution in [2.75, 3.05) is 33.8 Å². The molecule has 2 heterocycles. The highest BCUT2D eigenvalue weighted by molar-refractivity contribution is 7.86. The number of aromatic nitrogens is 2. The molecule has 25 heavy (non-hydrogen) atoms. The quantitative estimate of drug-likeness (QED) is 0.649. The van der Waals surface area contributed by atoms with Gasteiger partial charge < -0.3 is 9.26 Å². The Kier molecular flexibility index (Phi) is 5.48. The van der Waals surface area contributed by atoms with Crippen LogP contribution in [0.15, 0.2) is 34.9 Å². The van der Waals surface area contributed by atoms with Crippen LogP contribution in [0, 0.1) is 0 Å². The van der Waals surface area contributed by atoms with Gasteiger partial charge in [0.1, 0.15) is 0 Å². The fraction of sp³-hybridized carbons (Fsp3) is 0.500. The largest absolute Gasteiger partial charge is 0.376 e. The van der Waals surface area contributed by atoms with Crippen LogP contribution in [0.2, 0.25) is 0 Å². The number of hydrogen-bond donors (Lipinski definition) is 0. The summed E-state index contributed by atoms with van der Waals surface area (Å²) in [6, 6.07) is 9.94. The second-order valence-corrected chi connectivity index (χ2v) is 8.28. The third kappa shape index (κ3) is 4.24. The smallest absolute Gasteiger partial charge is 0.281 e. The van der Waals surface area contributed by atoms with Crippen molar-refractivity contribution in [3.63, 3.8) is 0 Å². The highest BCUT2D eigenvalue weighted by Gasteiger charge is 2.40. The predicted octanol–water partition coefficient (Wildman–Crippen LogP) is 1.03. The van der Waals surface area contributed by atoms with Gasteiger partial charge in [-0.2, -0.15) is 22.0 Å². The van der Waals surface area contributed by atoms with Crippen LogP contribution < -0.4 is 0 Å². The number of rotatable bonds is 8. The zero-order valence-electron chi connectivity index (χ0n) is 14.3. The van der Waals surface area contributed by atoms with Gasteiger partial charge >= 0.3 is 0 Å². The SMILES string of the molecule is CN(C)S(=O)(=O)N1CC(c2nc(CCOCc3ccccc3)no2)C1. The summed E-state index contributed by atoms with van der Waals surface area (Å²) in [7, 11) is -0.328. The first-order chi connectivity index (χ1) is 12.0. The summed E-state index contributed by atoms with van der Waals surface area (Å²) < 4.78 is 37.4. The van der Waals surface area contributed by atoms with E-state index >= 15 is 0 Å². The Morgan fingerprint density at radius 2 is 2.00 bits per heavy atom. The van der Waals surface area contributed by atoms with E-state index in [1.807, 2.05) is 30.3 Å². The van der Waals surface area contributed by atoms with Crippen LogP contribution in [0.4, 0.5) is 0 Å². The van der Waals surface area contributed by atoms with Crippen molar-refractivity contribution in [2.45, 2.75) is 18.9 Å². The van der Waals surface area contributed by atoms with E-state index in [2.05, 4.69) is 10.1 Å². The highest BCUT2D eigenvalue weighted by atomic mass is 32.2. The Morgan fingerprint density at radius 1 is 1.28 bits per heavy atom. The Hall–Kier alpha value is -1.81. The van der Waals surface area contributed by atoms with Gasteiger partial charge in [0.25, 0.3) is 10.2 Å². The van der Waals surface area contributed by atoms with Gasteiger partial charge in [-0.15, -0.1) is 0 Å². The molecule has 0 radical (unpaired) electrons. The molecule has 0 aliphatic carbocycles. The van der Waals surface area contributed by atoms with Gasteiger partial charge in [-0.3, -0.25) is 0 Å². The van der Waals surface area contributed by atoms with E-state index in [1.165, 1.54) is 22.7 Å². The molecule has 1 aliphatic heterocycles. The van der Waals surface area contributed by atoms with E-state index in [4.69, 9.17) is 9.26 Å². The van der Waals surface area contributed by atoms with E-state index in [0.717, 1.165) is 5.56 Å². The average Bonchev–Trinajstić information content (AvgIpc) is 2.99. The van der Waals surface area contributed by atoms with Gasteiger partial charge in [0.2, 0.25) is 5.89 Å². The molecule has 1 fully saturated rings. The van der Waals surface area contributed by atoms with E-state index < -0.39 is 10.2 Å². The molecule has 0 spiro atoms. The lowest BCUT2D eigenvalue weighted by Gasteiger charge is -2.37. The molecule has 9 heteroatoms. The maximum Gasteiger partial charge on any atom is 0.281 e. The fourth-order valence-electron chi connectivity index (χ4n) is 2.48. The minimum absolute atomic E-state index is 0.0405. The van der Waals surface area contributed by atoms with E-state index in [-0.39, 0.29) is 5.92 Å². The van der Waals surface area contributed by atoms with Crippen LogP contribution >= 0.6 is 0 Å². The van der Waals surface area contributed by atoms with Crippen molar-refractivity contribution in [2.24, 2.45) is 0 Å². The maximum atomic E-state index is 12.0. The third-order valence-electron chi connectivity index (χ3n) is 4.05. The highest BCUT2D eigenvalue weighted by Crippen LogP contribution is 2.28. The van der Waals surface area contributed by atoms with Crippen LogP contribution in [0.25, 0.3) is 0 Å². The van der Waals surface area contributed by atoms with Gasteiger partial charge in [0, 0.05) is 33.6 Å². The van der Waals surface area contributed by atoms with Crippen molar-refractivity contribution in [1.82, 2.24) is 18.8 Å². The van der Waals surface area contributed by atoms with Crippen LogP contribution in [0.1, 0.15) is 23.2 Å². The predicted molar refractivity (Wildman–Crippen MR) is 91.0 cm³/mol. The van der Waals surface area contributed by atoms with E-state index in [0.29, 0.717) is 44.4 Å². The molecule has 1 aromatic heterocycles. The standard InChI is InChI=1S/C16H22N4O4S/c1-19(2)25(21,22)20-10-14(11-20)16-17-15(18-24-16)8-9-23-12-13-6-4-3-5-7-13/h3-7,14H,8-12H2,1-2H3. The first-order valence-corrected chi connectivity index (χ1v) is 9.48. The second-order valence-electron chi connectivity index (χ2n) is 6.14. The molecular formula is C16H22N4O4S. The van der Waals surface area contributed by atoms with Crippen LogP contribution in [-0.2, 0) is 28.0 Å². The summed E-state index contributed by atoms with van der Waals surface area (Å²) in [5, 5.41) is 3.94. The van der Waals surface area contributed by atoms with Crippen molar-refractivity contribution in [3.8, 4) is 0 Å². The number of nitrogens with zero attached hydrogens (tertiary/aromatic N) is 4. The minimum Gasteiger partial charge on any atom is -0.376 e. The molecule has 0 N–H and O–H groups in total. The topological polar surface area (TPSA) is 88.8 Å². The summed E-state index contributed by atoms with van der Waals surface area (Å²) in [6.45, 7) is 1.78. The lowest BCUT2D eigenvalue weighted by atomic mass is 10.0. The van der Waals surface area contributed by atoms with Crippen molar-refractivity contribution < 1.29 is 17.7 Å². The molecule has 0 bridgehead atoms. The van der Waals surface area contributed by atoms with E-state index in [9.17, 15) is 8.42 Å². The molecule has 1 saturated heterocycles. The number of ether oxygens (including phenoxy) is 1. The Balaban J connectivity index is 1.43. The average molecular weight is 366 g/mol. The first kappa shape index (κ1) is 18.0. The molecule has 8 nitrogen and oxygen atoms in total. The lowest BCUT2D eigenvalue weighted by Crippen LogP contribution is -2.52. The first-order valence-electron chi connectivity index (χ1n) is 8.08. The number of hydrogen-bond acceptors (Lipinski definition) is 6. The van der Waals surface area contributed by atoms with Crippen molar-refractivity contribution >= 4 is 10.2 Å². The van der Waals surface area contributed by atoms with Crippen LogP contribution in [-0.4, -0.2) is 61.0 Å². The Morgan fingerprint density at radius 3 is 2.68 bits per heavy atom. The zero-order chi connectivity index (χ0) is 17.9. The normalized spacial score (nSPS) is 16.3. The summed E-state index contributed by atoms with van der Waals surface area (Å²) in [6.07, 6.45) is 0.558.